The van der Waals surface area contributed by atoms with E-state index in [4.69, 9.17) is 0 Å². The van der Waals surface area contributed by atoms with Gasteiger partial charge < -0.3 is 5.21 Å². The van der Waals surface area contributed by atoms with E-state index in [0.29, 0.717) is 0 Å². The van der Waals surface area contributed by atoms with Crippen molar-refractivity contribution >= 4 is 0 Å². The van der Waals surface area contributed by atoms with E-state index in [-0.39, 0.29) is 11.6 Å². The predicted octanol–water partition coefficient (Wildman–Crippen LogP) is 2.54. The largest absolute Gasteiger partial charge is 0.312 e. The summed E-state index contributed by atoms with van der Waals surface area (Å²) in [7, 11) is 0. The molecule has 1 aromatic rings. The summed E-state index contributed by atoms with van der Waals surface area (Å²) in [6.45, 7) is 8.06. The predicted molar refractivity (Wildman–Crippen MR) is 64.1 cm³/mol. The van der Waals surface area contributed by atoms with Gasteiger partial charge in [-0.3, -0.25) is 5.32 Å². The zero-order valence-corrected chi connectivity index (χ0v) is 10.4. The molecule has 16 heavy (non-hydrogen) atoms. The van der Waals surface area contributed by atoms with Crippen LogP contribution in [0.1, 0.15) is 39.3 Å². The van der Waals surface area contributed by atoms with Gasteiger partial charge in [0, 0.05) is 0 Å². The van der Waals surface area contributed by atoms with Gasteiger partial charge in [0.25, 0.3) is 0 Å². The molecular formula is C13H20N2O. The molecule has 0 aromatic heterocycles. The van der Waals surface area contributed by atoms with E-state index >= 15 is 0 Å². The van der Waals surface area contributed by atoms with Gasteiger partial charge in [-0.05, 0) is 33.3 Å². The van der Waals surface area contributed by atoms with Crippen LogP contribution in [-0.4, -0.2) is 21.5 Å². The first kappa shape index (κ1) is 11.6. The van der Waals surface area contributed by atoms with E-state index in [9.17, 15) is 5.21 Å². The quantitative estimate of drug-likeness (QED) is 0.763. The fourth-order valence-corrected chi connectivity index (χ4v) is 2.57. The molecule has 0 aliphatic carbocycles. The minimum Gasteiger partial charge on any atom is -0.312 e. The molecule has 0 amide bonds. The fourth-order valence-electron chi connectivity index (χ4n) is 2.57. The molecule has 2 N–H and O–H groups in total. The third-order valence-electron chi connectivity index (χ3n) is 3.41. The summed E-state index contributed by atoms with van der Waals surface area (Å²) in [5.74, 6) is 0. The van der Waals surface area contributed by atoms with Crippen molar-refractivity contribution in [2.45, 2.75) is 44.9 Å². The standard InChI is InChI=1S/C13H20N2O/c1-12(2)11(10-8-6-5-7-9-10)14-13(3,4)15(12)16/h5-9,11,14,16H,1-4H3/t11-/m0/s1. The molecule has 1 aromatic carbocycles. The highest BCUT2D eigenvalue weighted by atomic mass is 16.5. The Balaban J connectivity index is 2.38. The summed E-state index contributed by atoms with van der Waals surface area (Å²) < 4.78 is 0. The van der Waals surface area contributed by atoms with Crippen LogP contribution < -0.4 is 5.32 Å². The number of benzene rings is 1. The number of hydroxylamine groups is 2. The van der Waals surface area contributed by atoms with E-state index in [2.05, 4.69) is 17.4 Å². The Morgan fingerprint density at radius 3 is 2.12 bits per heavy atom. The highest BCUT2D eigenvalue weighted by molar-refractivity contribution is 5.25. The summed E-state index contributed by atoms with van der Waals surface area (Å²) in [5.41, 5.74) is 0.492. The summed E-state index contributed by atoms with van der Waals surface area (Å²) in [5, 5.41) is 15.1. The van der Waals surface area contributed by atoms with Crippen molar-refractivity contribution in [2.24, 2.45) is 0 Å². The number of rotatable bonds is 1. The Morgan fingerprint density at radius 2 is 1.69 bits per heavy atom. The first-order valence-corrected chi connectivity index (χ1v) is 5.67. The van der Waals surface area contributed by atoms with Crippen LogP contribution in [0.4, 0.5) is 0 Å². The van der Waals surface area contributed by atoms with Crippen molar-refractivity contribution < 1.29 is 5.21 Å². The van der Waals surface area contributed by atoms with Crippen molar-refractivity contribution in [3.8, 4) is 0 Å². The smallest absolute Gasteiger partial charge is 0.0905 e. The summed E-state index contributed by atoms with van der Waals surface area (Å²) >= 11 is 0. The number of hydrogen-bond donors (Lipinski definition) is 2. The van der Waals surface area contributed by atoms with Gasteiger partial charge in [-0.2, -0.15) is 5.06 Å². The second-order valence-corrected chi connectivity index (χ2v) is 5.51. The zero-order chi connectivity index (χ0) is 12.0. The first-order chi connectivity index (χ1) is 7.36. The molecule has 2 rings (SSSR count). The lowest BCUT2D eigenvalue weighted by Gasteiger charge is -2.34. The lowest BCUT2D eigenvalue weighted by atomic mass is 9.90. The molecule has 0 unspecified atom stereocenters. The zero-order valence-electron chi connectivity index (χ0n) is 10.4. The van der Waals surface area contributed by atoms with Gasteiger partial charge in [-0.25, -0.2) is 0 Å². The SMILES string of the molecule is CC1(C)N[C@@H](c2ccccc2)C(C)(C)N1O. The second-order valence-electron chi connectivity index (χ2n) is 5.51. The van der Waals surface area contributed by atoms with Crippen LogP contribution in [0, 0.1) is 0 Å². The minimum atomic E-state index is -0.399. The van der Waals surface area contributed by atoms with Crippen LogP contribution in [0.25, 0.3) is 0 Å². The van der Waals surface area contributed by atoms with Gasteiger partial charge in [0.15, 0.2) is 0 Å². The molecular weight excluding hydrogens is 200 g/mol. The van der Waals surface area contributed by atoms with Gasteiger partial charge in [-0.15, -0.1) is 0 Å². The molecule has 1 fully saturated rings. The maximum absolute atomic E-state index is 10.2. The number of nitrogens with zero attached hydrogens (tertiary/aromatic N) is 1. The summed E-state index contributed by atoms with van der Waals surface area (Å²) in [4.78, 5) is 0. The van der Waals surface area contributed by atoms with Crippen LogP contribution in [-0.2, 0) is 0 Å². The highest BCUT2D eigenvalue weighted by Gasteiger charge is 2.51. The van der Waals surface area contributed by atoms with Gasteiger partial charge in [0.1, 0.15) is 0 Å². The molecule has 0 radical (unpaired) electrons. The molecule has 3 heteroatoms. The topological polar surface area (TPSA) is 35.5 Å². The average molecular weight is 220 g/mol. The molecule has 1 aliphatic rings. The number of nitrogens with one attached hydrogen (secondary N) is 1. The Hall–Kier alpha value is -0.900. The van der Waals surface area contributed by atoms with Crippen molar-refractivity contribution in [3.05, 3.63) is 35.9 Å². The Morgan fingerprint density at radius 1 is 1.12 bits per heavy atom. The molecule has 88 valence electrons. The first-order valence-electron chi connectivity index (χ1n) is 5.67. The van der Waals surface area contributed by atoms with Crippen LogP contribution in [0.3, 0.4) is 0 Å². The Kier molecular flexibility index (Phi) is 2.57. The van der Waals surface area contributed by atoms with Gasteiger partial charge >= 0.3 is 0 Å². The van der Waals surface area contributed by atoms with Gasteiger partial charge in [0.2, 0.25) is 0 Å². The van der Waals surface area contributed by atoms with Crippen molar-refractivity contribution in [1.29, 1.82) is 0 Å². The Labute approximate surface area is 97.0 Å². The maximum atomic E-state index is 10.2. The highest BCUT2D eigenvalue weighted by Crippen LogP contribution is 2.40. The third kappa shape index (κ3) is 1.65. The maximum Gasteiger partial charge on any atom is 0.0905 e. The molecule has 0 saturated carbocycles. The lowest BCUT2D eigenvalue weighted by molar-refractivity contribution is -0.196. The van der Waals surface area contributed by atoms with E-state index in [1.807, 2.05) is 45.9 Å². The van der Waals surface area contributed by atoms with E-state index in [1.165, 1.54) is 10.6 Å². The van der Waals surface area contributed by atoms with Gasteiger partial charge in [-0.1, -0.05) is 30.3 Å². The molecule has 1 aliphatic heterocycles. The average Bonchev–Trinajstić information content (AvgIpc) is 2.40. The minimum absolute atomic E-state index is 0.133. The van der Waals surface area contributed by atoms with Crippen LogP contribution >= 0.6 is 0 Å². The van der Waals surface area contributed by atoms with E-state index < -0.39 is 5.66 Å². The van der Waals surface area contributed by atoms with Crippen LogP contribution in [0.15, 0.2) is 30.3 Å². The second kappa shape index (κ2) is 3.55. The monoisotopic (exact) mass is 220 g/mol. The van der Waals surface area contributed by atoms with E-state index in [1.54, 1.807) is 0 Å². The van der Waals surface area contributed by atoms with Crippen LogP contribution in [0.2, 0.25) is 0 Å². The molecule has 1 atom stereocenters. The third-order valence-corrected chi connectivity index (χ3v) is 3.41. The Bertz CT molecular complexity index is 373. The van der Waals surface area contributed by atoms with Crippen molar-refractivity contribution in [3.63, 3.8) is 0 Å². The molecule has 0 spiro atoms. The molecule has 0 bridgehead atoms. The van der Waals surface area contributed by atoms with Crippen LogP contribution in [0.5, 0.6) is 0 Å². The van der Waals surface area contributed by atoms with Crippen molar-refractivity contribution in [1.82, 2.24) is 10.4 Å². The lowest BCUT2D eigenvalue weighted by Crippen LogP contribution is -2.48. The fraction of sp³-hybridized carbons (Fsp3) is 0.538. The van der Waals surface area contributed by atoms with Gasteiger partial charge in [0.05, 0.1) is 17.2 Å². The molecule has 1 heterocycles. The normalized spacial score (nSPS) is 28.2. The molecule has 3 nitrogen and oxygen atoms in total. The van der Waals surface area contributed by atoms with E-state index in [0.717, 1.165) is 0 Å². The summed E-state index contributed by atoms with van der Waals surface area (Å²) in [6, 6.07) is 10.4. The summed E-state index contributed by atoms with van der Waals surface area (Å²) in [6.07, 6.45) is 0. The molecule has 1 saturated heterocycles. The van der Waals surface area contributed by atoms with Crippen molar-refractivity contribution in [2.75, 3.05) is 0 Å². The number of hydrogen-bond acceptors (Lipinski definition) is 3.